The molecule has 0 bridgehead atoms. The zero-order chi connectivity index (χ0) is 15.1. The monoisotopic (exact) mass is 289 g/mol. The van der Waals surface area contributed by atoms with E-state index in [0.29, 0.717) is 13.2 Å². The molecule has 5 nitrogen and oxygen atoms in total. The van der Waals surface area contributed by atoms with Crippen LogP contribution < -0.4 is 10.6 Å². The van der Waals surface area contributed by atoms with Crippen LogP contribution in [0.1, 0.15) is 5.69 Å². The van der Waals surface area contributed by atoms with E-state index >= 15 is 0 Å². The largest absolute Gasteiger partial charge is 0.382 e. The molecular formula is C16H23N3O2. The summed E-state index contributed by atoms with van der Waals surface area (Å²) in [6.45, 7) is 1.95. The van der Waals surface area contributed by atoms with Crippen LogP contribution in [0.15, 0.2) is 30.3 Å². The van der Waals surface area contributed by atoms with E-state index in [2.05, 4.69) is 33.8 Å². The lowest BCUT2D eigenvalue weighted by Crippen LogP contribution is -2.27. The summed E-state index contributed by atoms with van der Waals surface area (Å²) in [6.07, 6.45) is 0.00326. The van der Waals surface area contributed by atoms with Gasteiger partial charge in [-0.05, 0) is 18.5 Å². The van der Waals surface area contributed by atoms with Gasteiger partial charge in [-0.1, -0.05) is 24.3 Å². The van der Waals surface area contributed by atoms with Gasteiger partial charge in [-0.3, -0.25) is 0 Å². The molecule has 1 unspecified atom stereocenters. The SMILES string of the molecule is CNCc1cc2ccccc2c(NCC(COC)OC)n1. The number of anilines is 1. The van der Waals surface area contributed by atoms with Crippen molar-refractivity contribution in [2.75, 3.05) is 39.7 Å². The highest BCUT2D eigenvalue weighted by atomic mass is 16.5. The van der Waals surface area contributed by atoms with Gasteiger partial charge in [0.15, 0.2) is 0 Å². The summed E-state index contributed by atoms with van der Waals surface area (Å²) in [5, 5.41) is 8.81. The lowest BCUT2D eigenvalue weighted by molar-refractivity contribution is 0.0365. The number of nitrogens with zero attached hydrogens (tertiary/aromatic N) is 1. The molecule has 1 heterocycles. The maximum Gasteiger partial charge on any atom is 0.134 e. The zero-order valence-corrected chi connectivity index (χ0v) is 12.8. The van der Waals surface area contributed by atoms with Gasteiger partial charge >= 0.3 is 0 Å². The number of ether oxygens (including phenoxy) is 2. The first-order valence-corrected chi connectivity index (χ1v) is 7.07. The summed E-state index contributed by atoms with van der Waals surface area (Å²) in [5.41, 5.74) is 1.01. The summed E-state index contributed by atoms with van der Waals surface area (Å²) in [7, 11) is 5.28. The summed E-state index contributed by atoms with van der Waals surface area (Å²) < 4.78 is 10.5. The molecule has 1 aromatic carbocycles. The predicted molar refractivity (Wildman–Crippen MR) is 85.7 cm³/mol. The van der Waals surface area contributed by atoms with Crippen LogP contribution in [-0.2, 0) is 16.0 Å². The minimum absolute atomic E-state index is 0.00326. The van der Waals surface area contributed by atoms with E-state index < -0.39 is 0 Å². The van der Waals surface area contributed by atoms with Crippen LogP contribution in [0.3, 0.4) is 0 Å². The highest BCUT2D eigenvalue weighted by Crippen LogP contribution is 2.22. The molecule has 5 heteroatoms. The Morgan fingerprint density at radius 1 is 1.24 bits per heavy atom. The number of rotatable bonds is 8. The Labute approximate surface area is 125 Å². The van der Waals surface area contributed by atoms with Crippen LogP contribution >= 0.6 is 0 Å². The van der Waals surface area contributed by atoms with E-state index in [0.717, 1.165) is 23.4 Å². The molecular weight excluding hydrogens is 266 g/mol. The number of benzene rings is 1. The number of hydrogen-bond acceptors (Lipinski definition) is 5. The molecule has 0 aliphatic rings. The Morgan fingerprint density at radius 3 is 2.76 bits per heavy atom. The van der Waals surface area contributed by atoms with Gasteiger partial charge in [0.05, 0.1) is 18.4 Å². The molecule has 0 radical (unpaired) electrons. The van der Waals surface area contributed by atoms with E-state index in [-0.39, 0.29) is 6.10 Å². The first kappa shape index (κ1) is 15.7. The van der Waals surface area contributed by atoms with Crippen molar-refractivity contribution in [3.8, 4) is 0 Å². The molecule has 0 spiro atoms. The van der Waals surface area contributed by atoms with Gasteiger partial charge in [-0.25, -0.2) is 4.98 Å². The average molecular weight is 289 g/mol. The van der Waals surface area contributed by atoms with Gasteiger partial charge in [0.2, 0.25) is 0 Å². The van der Waals surface area contributed by atoms with Crippen molar-refractivity contribution in [2.24, 2.45) is 0 Å². The quantitative estimate of drug-likeness (QED) is 0.779. The van der Waals surface area contributed by atoms with Crippen molar-refractivity contribution < 1.29 is 9.47 Å². The van der Waals surface area contributed by atoms with Crippen LogP contribution in [0.25, 0.3) is 10.8 Å². The fraction of sp³-hybridized carbons (Fsp3) is 0.438. The fourth-order valence-corrected chi connectivity index (χ4v) is 2.27. The first-order chi connectivity index (χ1) is 10.3. The Kier molecular flexibility index (Phi) is 5.92. The maximum absolute atomic E-state index is 5.37. The summed E-state index contributed by atoms with van der Waals surface area (Å²) >= 11 is 0. The smallest absolute Gasteiger partial charge is 0.134 e. The number of nitrogens with one attached hydrogen (secondary N) is 2. The molecule has 1 atom stereocenters. The maximum atomic E-state index is 5.37. The first-order valence-electron chi connectivity index (χ1n) is 7.07. The van der Waals surface area contributed by atoms with E-state index in [1.807, 2.05) is 19.2 Å². The second-order valence-corrected chi connectivity index (χ2v) is 4.91. The van der Waals surface area contributed by atoms with Gasteiger partial charge in [0.25, 0.3) is 0 Å². The predicted octanol–water partition coefficient (Wildman–Crippen LogP) is 2.03. The normalized spacial score (nSPS) is 12.5. The standard InChI is InChI=1S/C16H23N3O2/c1-17-9-13-8-12-6-4-5-7-15(12)16(19-13)18-10-14(21-3)11-20-2/h4-8,14,17H,9-11H2,1-3H3,(H,18,19). The van der Waals surface area contributed by atoms with Crippen molar-refractivity contribution in [3.05, 3.63) is 36.0 Å². The number of aromatic nitrogens is 1. The molecule has 2 aromatic rings. The molecule has 0 aliphatic heterocycles. The number of hydrogen-bond donors (Lipinski definition) is 2. The summed E-state index contributed by atoms with van der Waals surface area (Å²) in [4.78, 5) is 4.69. The van der Waals surface area contributed by atoms with Crippen LogP contribution in [0.4, 0.5) is 5.82 Å². The Balaban J connectivity index is 2.24. The molecule has 114 valence electrons. The third-order valence-electron chi connectivity index (χ3n) is 3.33. The third kappa shape index (κ3) is 4.14. The molecule has 1 aromatic heterocycles. The van der Waals surface area contributed by atoms with Gasteiger partial charge in [-0.15, -0.1) is 0 Å². The lowest BCUT2D eigenvalue weighted by atomic mass is 10.1. The summed E-state index contributed by atoms with van der Waals surface area (Å²) in [5.74, 6) is 0.886. The Morgan fingerprint density at radius 2 is 2.05 bits per heavy atom. The van der Waals surface area contributed by atoms with Crippen LogP contribution in [-0.4, -0.2) is 45.5 Å². The van der Waals surface area contributed by atoms with Gasteiger partial charge in [0.1, 0.15) is 5.82 Å². The molecule has 2 N–H and O–H groups in total. The lowest BCUT2D eigenvalue weighted by Gasteiger charge is -2.17. The van der Waals surface area contributed by atoms with E-state index in [1.165, 1.54) is 5.39 Å². The molecule has 0 aliphatic carbocycles. The van der Waals surface area contributed by atoms with Crippen LogP contribution in [0.5, 0.6) is 0 Å². The number of pyridine rings is 1. The molecule has 0 amide bonds. The average Bonchev–Trinajstić information content (AvgIpc) is 2.51. The minimum Gasteiger partial charge on any atom is -0.382 e. The Bertz CT molecular complexity index is 574. The third-order valence-corrected chi connectivity index (χ3v) is 3.33. The molecule has 0 fully saturated rings. The Hall–Kier alpha value is -1.69. The minimum atomic E-state index is 0.00326. The van der Waals surface area contributed by atoms with Crippen molar-refractivity contribution in [1.82, 2.24) is 10.3 Å². The zero-order valence-electron chi connectivity index (χ0n) is 12.8. The van der Waals surface area contributed by atoms with Crippen molar-refractivity contribution in [3.63, 3.8) is 0 Å². The molecule has 0 saturated heterocycles. The van der Waals surface area contributed by atoms with Crippen molar-refractivity contribution in [2.45, 2.75) is 12.6 Å². The van der Waals surface area contributed by atoms with Gasteiger partial charge < -0.3 is 20.1 Å². The molecule has 0 saturated carbocycles. The second kappa shape index (κ2) is 7.93. The van der Waals surface area contributed by atoms with Crippen molar-refractivity contribution >= 4 is 16.6 Å². The van der Waals surface area contributed by atoms with E-state index in [9.17, 15) is 0 Å². The van der Waals surface area contributed by atoms with Crippen LogP contribution in [0, 0.1) is 0 Å². The van der Waals surface area contributed by atoms with E-state index in [4.69, 9.17) is 9.47 Å². The topological polar surface area (TPSA) is 55.4 Å². The van der Waals surface area contributed by atoms with Gasteiger partial charge in [0, 0.05) is 32.7 Å². The van der Waals surface area contributed by atoms with E-state index in [1.54, 1.807) is 14.2 Å². The summed E-state index contributed by atoms with van der Waals surface area (Å²) in [6, 6.07) is 10.4. The number of methoxy groups -OCH3 is 2. The molecule has 21 heavy (non-hydrogen) atoms. The number of fused-ring (bicyclic) bond motifs is 1. The molecule has 2 rings (SSSR count). The van der Waals surface area contributed by atoms with Crippen LogP contribution in [0.2, 0.25) is 0 Å². The van der Waals surface area contributed by atoms with Gasteiger partial charge in [-0.2, -0.15) is 0 Å². The second-order valence-electron chi connectivity index (χ2n) is 4.91. The fourth-order valence-electron chi connectivity index (χ4n) is 2.27. The highest BCUT2D eigenvalue weighted by Gasteiger charge is 2.10. The highest BCUT2D eigenvalue weighted by molar-refractivity contribution is 5.92. The van der Waals surface area contributed by atoms with Crippen molar-refractivity contribution in [1.29, 1.82) is 0 Å².